The molecule has 0 aromatic heterocycles. The van der Waals surface area contributed by atoms with Gasteiger partial charge in [0.2, 0.25) is 0 Å². The van der Waals surface area contributed by atoms with Crippen LogP contribution >= 0.6 is 23.2 Å². The van der Waals surface area contributed by atoms with Crippen molar-refractivity contribution in [3.8, 4) is 17.2 Å². The number of hydrogen-bond acceptors (Lipinski definition) is 6. The number of carbonyl (C=O) groups is 2. The Morgan fingerprint density at radius 3 is 2.42 bits per heavy atom. The molecule has 0 atom stereocenters. The third kappa shape index (κ3) is 7.76. The number of halogens is 2. The normalized spacial score (nSPS) is 10.5. The zero-order valence-electron chi connectivity index (χ0n) is 19.3. The number of rotatable bonds is 11. The lowest BCUT2D eigenvalue weighted by Gasteiger charge is -2.10. The first-order valence-corrected chi connectivity index (χ1v) is 11.4. The quantitative estimate of drug-likeness (QED) is 0.199. The minimum absolute atomic E-state index is 0.229. The van der Waals surface area contributed by atoms with Crippen molar-refractivity contribution in [1.29, 1.82) is 0 Å². The predicted molar refractivity (Wildman–Crippen MR) is 141 cm³/mol. The van der Waals surface area contributed by atoms with Crippen LogP contribution in [0.4, 0.5) is 5.69 Å². The van der Waals surface area contributed by atoms with Crippen LogP contribution in [0.15, 0.2) is 78.4 Å². The van der Waals surface area contributed by atoms with Gasteiger partial charge in [0.15, 0.2) is 18.1 Å². The number of carbonyl (C=O) groups excluding carboxylic acids is 2. The van der Waals surface area contributed by atoms with Gasteiger partial charge in [0.05, 0.1) is 18.3 Å². The maximum Gasteiger partial charge on any atom is 0.271 e. The highest BCUT2D eigenvalue weighted by Crippen LogP contribution is 2.28. The highest BCUT2D eigenvalue weighted by Gasteiger charge is 2.11. The van der Waals surface area contributed by atoms with E-state index < -0.39 is 5.91 Å². The van der Waals surface area contributed by atoms with Crippen molar-refractivity contribution in [2.24, 2.45) is 5.10 Å². The SMILES string of the molecule is C=CCOc1ccc(C(=O)N/N=C/c2ccc(OCC(=O)Nc3ccc(Cl)cc3)c(Cl)c2)cc1OC. The zero-order valence-corrected chi connectivity index (χ0v) is 20.8. The summed E-state index contributed by atoms with van der Waals surface area (Å²) < 4.78 is 16.2. The van der Waals surface area contributed by atoms with Gasteiger partial charge in [-0.2, -0.15) is 5.10 Å². The molecule has 3 rings (SSSR count). The lowest BCUT2D eigenvalue weighted by molar-refractivity contribution is -0.118. The van der Waals surface area contributed by atoms with E-state index in [4.69, 9.17) is 37.4 Å². The maximum absolute atomic E-state index is 12.4. The van der Waals surface area contributed by atoms with Crippen molar-refractivity contribution < 1.29 is 23.8 Å². The molecule has 0 heterocycles. The van der Waals surface area contributed by atoms with Gasteiger partial charge in [0, 0.05) is 16.3 Å². The monoisotopic (exact) mass is 527 g/mol. The van der Waals surface area contributed by atoms with Crippen LogP contribution in [0.5, 0.6) is 17.2 Å². The van der Waals surface area contributed by atoms with Gasteiger partial charge < -0.3 is 19.5 Å². The molecule has 2 amide bonds. The largest absolute Gasteiger partial charge is 0.493 e. The number of methoxy groups -OCH3 is 1. The molecular weight excluding hydrogens is 505 g/mol. The molecule has 2 N–H and O–H groups in total. The maximum atomic E-state index is 12.4. The van der Waals surface area contributed by atoms with E-state index in [-0.39, 0.29) is 17.5 Å². The van der Waals surface area contributed by atoms with Crippen molar-refractivity contribution in [3.05, 3.63) is 94.5 Å². The highest BCUT2D eigenvalue weighted by molar-refractivity contribution is 6.32. The molecule has 0 aliphatic heterocycles. The number of anilines is 1. The Hall–Kier alpha value is -4.01. The molecule has 0 aliphatic carbocycles. The molecule has 0 saturated carbocycles. The topological polar surface area (TPSA) is 98.3 Å². The lowest BCUT2D eigenvalue weighted by Crippen LogP contribution is -2.20. The molecule has 36 heavy (non-hydrogen) atoms. The Morgan fingerprint density at radius 1 is 0.972 bits per heavy atom. The number of amides is 2. The summed E-state index contributed by atoms with van der Waals surface area (Å²) in [6, 6.07) is 16.4. The van der Waals surface area contributed by atoms with Gasteiger partial charge in [-0.25, -0.2) is 5.43 Å². The van der Waals surface area contributed by atoms with Crippen molar-refractivity contribution in [1.82, 2.24) is 5.43 Å². The summed E-state index contributed by atoms with van der Waals surface area (Å²) in [5, 5.41) is 7.51. The van der Waals surface area contributed by atoms with Crippen LogP contribution in [-0.2, 0) is 4.79 Å². The second-order valence-electron chi connectivity index (χ2n) is 7.20. The van der Waals surface area contributed by atoms with Gasteiger partial charge in [-0.15, -0.1) is 0 Å². The molecule has 0 spiro atoms. The van der Waals surface area contributed by atoms with Crippen LogP contribution in [0.3, 0.4) is 0 Å². The van der Waals surface area contributed by atoms with E-state index in [9.17, 15) is 9.59 Å². The molecule has 0 unspecified atom stereocenters. The third-order valence-electron chi connectivity index (χ3n) is 4.60. The molecule has 10 heteroatoms. The fourth-order valence-corrected chi connectivity index (χ4v) is 3.26. The molecule has 0 saturated heterocycles. The standard InChI is InChI=1S/C26H23Cl2N3O5/c1-3-12-35-23-11-5-18(14-24(23)34-2)26(33)31-29-15-17-4-10-22(21(28)13-17)36-16-25(32)30-20-8-6-19(27)7-9-20/h3-11,13-15H,1,12,16H2,2H3,(H,30,32)(H,31,33)/b29-15+. The van der Waals surface area contributed by atoms with Gasteiger partial charge in [-0.3, -0.25) is 9.59 Å². The number of benzene rings is 3. The van der Waals surface area contributed by atoms with Crippen molar-refractivity contribution in [3.63, 3.8) is 0 Å². The van der Waals surface area contributed by atoms with Crippen LogP contribution in [0.25, 0.3) is 0 Å². The molecule has 3 aromatic rings. The second-order valence-corrected chi connectivity index (χ2v) is 8.04. The molecule has 0 radical (unpaired) electrons. The van der Waals surface area contributed by atoms with Gasteiger partial charge in [-0.05, 0) is 66.2 Å². The first kappa shape index (κ1) is 26.6. The minimum Gasteiger partial charge on any atom is -0.493 e. The van der Waals surface area contributed by atoms with Crippen molar-refractivity contribution in [2.45, 2.75) is 0 Å². The third-order valence-corrected chi connectivity index (χ3v) is 5.15. The van der Waals surface area contributed by atoms with Gasteiger partial charge in [0.25, 0.3) is 11.8 Å². The summed E-state index contributed by atoms with van der Waals surface area (Å²) >= 11 is 12.1. The average molecular weight is 528 g/mol. The van der Waals surface area contributed by atoms with Crippen LogP contribution in [-0.4, -0.2) is 38.4 Å². The van der Waals surface area contributed by atoms with Gasteiger partial charge in [-0.1, -0.05) is 35.9 Å². The van der Waals surface area contributed by atoms with E-state index in [1.54, 1.807) is 66.7 Å². The predicted octanol–water partition coefficient (Wildman–Crippen LogP) is 5.35. The van der Waals surface area contributed by atoms with Crippen molar-refractivity contribution >= 4 is 46.9 Å². The second kappa shape index (κ2) is 13.2. The fraction of sp³-hybridized carbons (Fsp3) is 0.115. The van der Waals surface area contributed by atoms with Crippen molar-refractivity contribution in [2.75, 3.05) is 25.6 Å². The summed E-state index contributed by atoms with van der Waals surface area (Å²) in [5.74, 6) is 0.459. The smallest absolute Gasteiger partial charge is 0.271 e. The van der Waals surface area contributed by atoms with Crippen LogP contribution in [0.2, 0.25) is 10.0 Å². The minimum atomic E-state index is -0.433. The Morgan fingerprint density at radius 2 is 1.72 bits per heavy atom. The number of nitrogens with zero attached hydrogens (tertiary/aromatic N) is 1. The first-order chi connectivity index (χ1) is 17.4. The molecule has 186 valence electrons. The van der Waals surface area contributed by atoms with E-state index in [0.717, 1.165) is 0 Å². The summed E-state index contributed by atoms with van der Waals surface area (Å²) in [6.45, 7) is 3.68. The van der Waals surface area contributed by atoms with E-state index in [0.29, 0.717) is 45.7 Å². The molecule has 0 aliphatic rings. The average Bonchev–Trinajstić information content (AvgIpc) is 2.88. The number of hydrogen-bond donors (Lipinski definition) is 2. The first-order valence-electron chi connectivity index (χ1n) is 10.6. The number of nitrogens with one attached hydrogen (secondary N) is 2. The molecular formula is C26H23Cl2N3O5. The lowest BCUT2D eigenvalue weighted by atomic mass is 10.2. The number of ether oxygens (including phenoxy) is 3. The Balaban J connectivity index is 1.53. The van der Waals surface area contributed by atoms with E-state index in [2.05, 4.69) is 22.4 Å². The number of hydrazone groups is 1. The molecule has 0 fully saturated rings. The molecule has 0 bridgehead atoms. The Kier molecular flexibility index (Phi) is 9.73. The molecule has 3 aromatic carbocycles. The summed E-state index contributed by atoms with van der Waals surface area (Å²) in [7, 11) is 1.49. The molecule has 8 nitrogen and oxygen atoms in total. The van der Waals surface area contributed by atoms with E-state index >= 15 is 0 Å². The van der Waals surface area contributed by atoms with Gasteiger partial charge >= 0.3 is 0 Å². The van der Waals surface area contributed by atoms with E-state index in [1.165, 1.54) is 13.3 Å². The summed E-state index contributed by atoms with van der Waals surface area (Å²) in [4.78, 5) is 24.5. The Labute approximate surface area is 218 Å². The summed E-state index contributed by atoms with van der Waals surface area (Å²) in [5.41, 5.74) is 4.00. The fourth-order valence-electron chi connectivity index (χ4n) is 2.89. The Bertz CT molecular complexity index is 1260. The van der Waals surface area contributed by atoms with Crippen LogP contribution in [0.1, 0.15) is 15.9 Å². The summed E-state index contributed by atoms with van der Waals surface area (Å²) in [6.07, 6.45) is 3.04. The highest BCUT2D eigenvalue weighted by atomic mass is 35.5. The van der Waals surface area contributed by atoms with Gasteiger partial charge in [0.1, 0.15) is 12.4 Å². The zero-order chi connectivity index (χ0) is 25.9. The van der Waals surface area contributed by atoms with E-state index in [1.807, 2.05) is 0 Å². The van der Waals surface area contributed by atoms with Crippen LogP contribution < -0.4 is 25.0 Å². The van der Waals surface area contributed by atoms with Crippen LogP contribution in [0, 0.1) is 0 Å².